The summed E-state index contributed by atoms with van der Waals surface area (Å²) in [5.74, 6) is -3.45. The van der Waals surface area contributed by atoms with Crippen LogP contribution in [0.5, 0.6) is 0 Å². The zero-order valence-electron chi connectivity index (χ0n) is 19.2. The summed E-state index contributed by atoms with van der Waals surface area (Å²) in [5.41, 5.74) is -2.73. The van der Waals surface area contributed by atoms with Gasteiger partial charge in [-0.2, -0.15) is 0 Å². The van der Waals surface area contributed by atoms with Crippen molar-refractivity contribution in [3.8, 4) is 0 Å². The van der Waals surface area contributed by atoms with E-state index < -0.39 is 35.7 Å². The third-order valence-electron chi connectivity index (χ3n) is 5.72. The molecule has 0 aliphatic heterocycles. The fourth-order valence-corrected chi connectivity index (χ4v) is 3.56. The fourth-order valence-electron chi connectivity index (χ4n) is 3.56. The van der Waals surface area contributed by atoms with E-state index in [-0.39, 0.29) is 6.42 Å². The topological polar surface area (TPSA) is 112 Å². The minimum Gasteiger partial charge on any atom is -0.479 e. The second-order valence-electron chi connectivity index (χ2n) is 8.61. The average molecular weight is 429 g/mol. The number of ketones is 2. The lowest BCUT2D eigenvalue weighted by molar-refractivity contribution is -0.168. The first-order valence-electron chi connectivity index (χ1n) is 12.0. The highest BCUT2D eigenvalue weighted by Crippen LogP contribution is 2.19. The van der Waals surface area contributed by atoms with Crippen LogP contribution in [-0.2, 0) is 14.4 Å². The van der Waals surface area contributed by atoms with E-state index in [1.54, 1.807) is 0 Å². The van der Waals surface area contributed by atoms with Crippen molar-refractivity contribution in [1.82, 2.24) is 0 Å². The molecular formula is C24H44O6. The van der Waals surface area contributed by atoms with Gasteiger partial charge in [0.15, 0.2) is 11.6 Å². The molecule has 6 nitrogen and oxygen atoms in total. The first-order chi connectivity index (χ1) is 14.3. The maximum Gasteiger partial charge on any atom is 0.344 e. The highest BCUT2D eigenvalue weighted by atomic mass is 16.4. The second kappa shape index (κ2) is 17.4. The summed E-state index contributed by atoms with van der Waals surface area (Å²) >= 11 is 0. The van der Waals surface area contributed by atoms with E-state index in [1.165, 1.54) is 77.6 Å². The molecule has 0 aliphatic rings. The lowest BCUT2D eigenvalue weighted by Crippen LogP contribution is -2.49. The van der Waals surface area contributed by atoms with Crippen LogP contribution < -0.4 is 0 Å². The first kappa shape index (κ1) is 28.7. The van der Waals surface area contributed by atoms with Crippen molar-refractivity contribution in [1.29, 1.82) is 0 Å². The van der Waals surface area contributed by atoms with Gasteiger partial charge < -0.3 is 15.3 Å². The molecule has 176 valence electrons. The van der Waals surface area contributed by atoms with E-state index in [0.29, 0.717) is 6.42 Å². The monoisotopic (exact) mass is 428 g/mol. The summed E-state index contributed by atoms with van der Waals surface area (Å²) in [6, 6.07) is 0. The van der Waals surface area contributed by atoms with Crippen molar-refractivity contribution in [2.45, 2.75) is 135 Å². The molecule has 0 saturated heterocycles. The molecule has 0 amide bonds. The molecule has 0 spiro atoms. The van der Waals surface area contributed by atoms with Gasteiger partial charge in [0.1, 0.15) is 6.10 Å². The summed E-state index contributed by atoms with van der Waals surface area (Å²) in [6.45, 7) is 3.42. The Kier molecular flexibility index (Phi) is 16.7. The maximum atomic E-state index is 12.1. The molecule has 0 aromatic heterocycles. The van der Waals surface area contributed by atoms with E-state index in [2.05, 4.69) is 6.92 Å². The van der Waals surface area contributed by atoms with Gasteiger partial charge >= 0.3 is 5.97 Å². The number of carbonyl (C=O) groups excluding carboxylic acids is 2. The smallest absolute Gasteiger partial charge is 0.344 e. The molecule has 0 aromatic carbocycles. The number of carboxylic acids is 1. The molecule has 0 heterocycles. The molecule has 0 saturated carbocycles. The summed E-state index contributed by atoms with van der Waals surface area (Å²) < 4.78 is 0. The summed E-state index contributed by atoms with van der Waals surface area (Å²) in [6.07, 6.45) is 15.4. The highest BCUT2D eigenvalue weighted by molar-refractivity contribution is 6.09. The van der Waals surface area contributed by atoms with Gasteiger partial charge in [-0.3, -0.25) is 9.59 Å². The Morgan fingerprint density at radius 1 is 0.733 bits per heavy atom. The van der Waals surface area contributed by atoms with E-state index >= 15 is 0 Å². The van der Waals surface area contributed by atoms with Crippen molar-refractivity contribution in [2.75, 3.05) is 0 Å². The third kappa shape index (κ3) is 13.1. The van der Waals surface area contributed by atoms with Crippen LogP contribution in [0.4, 0.5) is 0 Å². The minimum absolute atomic E-state index is 0.0753. The number of aliphatic hydroxyl groups is 2. The van der Waals surface area contributed by atoms with Gasteiger partial charge in [-0.1, -0.05) is 96.8 Å². The van der Waals surface area contributed by atoms with Crippen LogP contribution in [0.25, 0.3) is 0 Å². The summed E-state index contributed by atoms with van der Waals surface area (Å²) in [7, 11) is 0. The molecule has 3 N–H and O–H groups in total. The highest BCUT2D eigenvalue weighted by Gasteiger charge is 2.45. The van der Waals surface area contributed by atoms with Crippen molar-refractivity contribution >= 4 is 17.5 Å². The van der Waals surface area contributed by atoms with Gasteiger partial charge in [0, 0.05) is 6.42 Å². The molecule has 0 rings (SSSR count). The summed E-state index contributed by atoms with van der Waals surface area (Å²) in [4.78, 5) is 35.0. The van der Waals surface area contributed by atoms with Crippen LogP contribution >= 0.6 is 0 Å². The van der Waals surface area contributed by atoms with Gasteiger partial charge in [-0.15, -0.1) is 0 Å². The van der Waals surface area contributed by atoms with E-state index in [4.69, 9.17) is 5.11 Å². The Bertz CT molecular complexity index is 488. The predicted octanol–water partition coefficient (Wildman–Crippen LogP) is 4.97. The number of carbonyl (C=O) groups is 3. The lowest BCUT2D eigenvalue weighted by atomic mass is 9.88. The third-order valence-corrected chi connectivity index (χ3v) is 5.72. The van der Waals surface area contributed by atoms with Crippen LogP contribution in [0.2, 0.25) is 0 Å². The van der Waals surface area contributed by atoms with Gasteiger partial charge in [0.2, 0.25) is 5.60 Å². The molecule has 0 bridgehead atoms. The Balaban J connectivity index is 3.74. The lowest BCUT2D eigenvalue weighted by Gasteiger charge is -2.21. The zero-order chi connectivity index (χ0) is 22.8. The van der Waals surface area contributed by atoms with Gasteiger partial charge in [-0.25, -0.2) is 4.79 Å². The standard InChI is InChI=1S/C24H44O6/c1-3-4-5-6-7-8-9-10-11-12-13-14-15-16-17-18-22(27)24(30,23(28)29)19-21(26)20(2)25/h20,25,30H,3-19H2,1-2H3,(H,28,29). The molecule has 0 aliphatic carbocycles. The van der Waals surface area contributed by atoms with Crippen molar-refractivity contribution in [2.24, 2.45) is 0 Å². The first-order valence-corrected chi connectivity index (χ1v) is 12.0. The average Bonchev–Trinajstić information content (AvgIpc) is 2.70. The maximum absolute atomic E-state index is 12.1. The van der Waals surface area contributed by atoms with Crippen molar-refractivity contribution < 1.29 is 29.7 Å². The number of carboxylic acid groups (broad SMARTS) is 1. The van der Waals surface area contributed by atoms with Crippen LogP contribution in [0.15, 0.2) is 0 Å². The van der Waals surface area contributed by atoms with Gasteiger partial charge in [-0.05, 0) is 13.3 Å². The quantitative estimate of drug-likeness (QED) is 0.176. The Morgan fingerprint density at radius 3 is 1.43 bits per heavy atom. The van der Waals surface area contributed by atoms with E-state index in [0.717, 1.165) is 19.3 Å². The summed E-state index contributed by atoms with van der Waals surface area (Å²) in [5, 5.41) is 28.5. The number of rotatable bonds is 21. The molecule has 0 fully saturated rings. The van der Waals surface area contributed by atoms with Crippen molar-refractivity contribution in [3.63, 3.8) is 0 Å². The molecule has 6 heteroatoms. The minimum atomic E-state index is -2.73. The van der Waals surface area contributed by atoms with E-state index in [1.807, 2.05) is 0 Å². The SMILES string of the molecule is CCCCCCCCCCCCCCCCCC(=O)C(O)(CC(=O)C(C)O)C(=O)O. The normalized spacial score (nSPS) is 14.3. The molecule has 2 unspecified atom stereocenters. The number of hydrogen-bond acceptors (Lipinski definition) is 5. The number of aliphatic carboxylic acids is 1. The predicted molar refractivity (Wildman–Crippen MR) is 118 cm³/mol. The van der Waals surface area contributed by atoms with Gasteiger partial charge in [0.25, 0.3) is 0 Å². The van der Waals surface area contributed by atoms with E-state index in [9.17, 15) is 24.6 Å². The second-order valence-corrected chi connectivity index (χ2v) is 8.61. The molecule has 0 radical (unpaired) electrons. The number of unbranched alkanes of at least 4 members (excludes halogenated alkanes) is 14. The fraction of sp³-hybridized carbons (Fsp3) is 0.875. The largest absolute Gasteiger partial charge is 0.479 e. The number of aliphatic hydroxyl groups excluding tert-OH is 1. The number of hydrogen-bond donors (Lipinski definition) is 3. The molecule has 2 atom stereocenters. The van der Waals surface area contributed by atoms with Crippen LogP contribution in [0.1, 0.15) is 123 Å². The van der Waals surface area contributed by atoms with Crippen molar-refractivity contribution in [3.05, 3.63) is 0 Å². The molecular weight excluding hydrogens is 384 g/mol. The molecule has 0 aromatic rings. The number of Topliss-reactive ketones (excluding diaryl/α,β-unsaturated/α-hetero) is 2. The Morgan fingerprint density at radius 2 is 1.10 bits per heavy atom. The zero-order valence-corrected chi connectivity index (χ0v) is 19.2. The van der Waals surface area contributed by atoms with Crippen LogP contribution in [0, 0.1) is 0 Å². The van der Waals surface area contributed by atoms with Crippen LogP contribution in [-0.4, -0.2) is 44.6 Å². The van der Waals surface area contributed by atoms with Crippen LogP contribution in [0.3, 0.4) is 0 Å². The Labute approximate surface area is 182 Å². The van der Waals surface area contributed by atoms with Gasteiger partial charge in [0.05, 0.1) is 6.42 Å². The Hall–Kier alpha value is -1.27. The molecule has 30 heavy (non-hydrogen) atoms.